The zero-order valence-corrected chi connectivity index (χ0v) is 14.3. The summed E-state index contributed by atoms with van der Waals surface area (Å²) < 4.78 is 0. The van der Waals surface area contributed by atoms with Crippen LogP contribution in [0.4, 0.5) is 0 Å². The van der Waals surface area contributed by atoms with Crippen LogP contribution >= 0.6 is 11.8 Å². The number of nitrogens with two attached hydrogens (primary N) is 1. The summed E-state index contributed by atoms with van der Waals surface area (Å²) in [4.78, 5) is 13.9. The monoisotopic (exact) mass is 318 g/mol. The van der Waals surface area contributed by atoms with Gasteiger partial charge < -0.3 is 11.1 Å². The lowest BCUT2D eigenvalue weighted by Crippen LogP contribution is -2.53. The number of carbonyl (C=O) groups is 1. The SMILES string of the molecule is CSc1ccc(C)c(C(=O)NC2C3CCCC2CC(N)C3)c1. The van der Waals surface area contributed by atoms with Crippen molar-refractivity contribution in [3.8, 4) is 0 Å². The molecule has 0 aliphatic heterocycles. The summed E-state index contributed by atoms with van der Waals surface area (Å²) in [5.41, 5.74) is 8.04. The first-order chi connectivity index (χ1) is 10.6. The minimum atomic E-state index is 0.0887. The molecule has 2 atom stereocenters. The maximum atomic E-state index is 12.8. The van der Waals surface area contributed by atoms with Crippen LogP contribution in [0.5, 0.6) is 0 Å². The van der Waals surface area contributed by atoms with Gasteiger partial charge in [-0.05, 0) is 68.4 Å². The quantitative estimate of drug-likeness (QED) is 0.840. The Kier molecular flexibility index (Phi) is 4.79. The van der Waals surface area contributed by atoms with Crippen molar-refractivity contribution in [2.45, 2.75) is 56.0 Å². The van der Waals surface area contributed by atoms with Crippen molar-refractivity contribution in [3.63, 3.8) is 0 Å². The molecule has 4 heteroatoms. The highest BCUT2D eigenvalue weighted by atomic mass is 32.2. The minimum Gasteiger partial charge on any atom is -0.349 e. The van der Waals surface area contributed by atoms with E-state index in [9.17, 15) is 4.79 Å². The fourth-order valence-electron chi connectivity index (χ4n) is 4.23. The van der Waals surface area contributed by atoms with Crippen LogP contribution in [0.25, 0.3) is 0 Å². The highest BCUT2D eigenvalue weighted by molar-refractivity contribution is 7.98. The first-order valence-electron chi connectivity index (χ1n) is 8.29. The maximum absolute atomic E-state index is 12.8. The number of thioether (sulfide) groups is 1. The second-order valence-electron chi connectivity index (χ2n) is 6.86. The molecule has 2 aliphatic rings. The first-order valence-corrected chi connectivity index (χ1v) is 9.52. The van der Waals surface area contributed by atoms with Crippen LogP contribution in [0, 0.1) is 18.8 Å². The van der Waals surface area contributed by atoms with E-state index < -0.39 is 0 Å². The van der Waals surface area contributed by atoms with Gasteiger partial charge in [-0.2, -0.15) is 0 Å². The van der Waals surface area contributed by atoms with Gasteiger partial charge in [-0.25, -0.2) is 0 Å². The van der Waals surface area contributed by atoms with Crippen molar-refractivity contribution >= 4 is 17.7 Å². The standard InChI is InChI=1S/C18H26N2OS/c1-11-6-7-15(22-2)10-16(11)18(21)20-17-12-4-3-5-13(17)9-14(19)8-12/h6-7,10,12-14,17H,3-5,8-9,19H2,1-2H3,(H,20,21). The van der Waals surface area contributed by atoms with Crippen molar-refractivity contribution in [2.75, 3.05) is 6.26 Å². The van der Waals surface area contributed by atoms with Crippen LogP contribution in [-0.2, 0) is 0 Å². The number of amides is 1. The minimum absolute atomic E-state index is 0.0887. The molecule has 120 valence electrons. The highest BCUT2D eigenvalue weighted by Gasteiger charge is 2.40. The molecule has 2 bridgehead atoms. The number of hydrogen-bond donors (Lipinski definition) is 2. The lowest BCUT2D eigenvalue weighted by Gasteiger charge is -2.45. The lowest BCUT2D eigenvalue weighted by molar-refractivity contribution is 0.0755. The molecule has 0 saturated heterocycles. The van der Waals surface area contributed by atoms with E-state index in [-0.39, 0.29) is 5.91 Å². The summed E-state index contributed by atoms with van der Waals surface area (Å²) in [6.07, 6.45) is 7.86. The first kappa shape index (κ1) is 15.9. The van der Waals surface area contributed by atoms with Crippen LogP contribution in [0.15, 0.2) is 23.1 Å². The van der Waals surface area contributed by atoms with Crippen LogP contribution in [0.1, 0.15) is 48.0 Å². The summed E-state index contributed by atoms with van der Waals surface area (Å²) in [6.45, 7) is 2.01. The molecule has 2 fully saturated rings. The second-order valence-corrected chi connectivity index (χ2v) is 7.74. The van der Waals surface area contributed by atoms with Gasteiger partial charge in [0, 0.05) is 22.5 Å². The van der Waals surface area contributed by atoms with E-state index in [2.05, 4.69) is 11.4 Å². The summed E-state index contributed by atoms with van der Waals surface area (Å²) in [5, 5.41) is 3.35. The van der Waals surface area contributed by atoms with Gasteiger partial charge in [0.05, 0.1) is 0 Å². The number of fused-ring (bicyclic) bond motifs is 2. The maximum Gasteiger partial charge on any atom is 0.251 e. The van der Waals surface area contributed by atoms with E-state index in [1.54, 1.807) is 11.8 Å². The van der Waals surface area contributed by atoms with Gasteiger partial charge >= 0.3 is 0 Å². The van der Waals surface area contributed by atoms with Crippen LogP contribution in [0.3, 0.4) is 0 Å². The van der Waals surface area contributed by atoms with E-state index >= 15 is 0 Å². The summed E-state index contributed by atoms with van der Waals surface area (Å²) >= 11 is 1.68. The van der Waals surface area contributed by atoms with Crippen LogP contribution in [-0.4, -0.2) is 24.2 Å². The molecule has 3 rings (SSSR count). The number of rotatable bonds is 3. The number of carbonyl (C=O) groups excluding carboxylic acids is 1. The van der Waals surface area contributed by atoms with Gasteiger partial charge in [0.15, 0.2) is 0 Å². The molecule has 0 heterocycles. The number of benzene rings is 1. The Bertz CT molecular complexity index is 546. The van der Waals surface area contributed by atoms with Crippen molar-refractivity contribution < 1.29 is 4.79 Å². The van der Waals surface area contributed by atoms with E-state index in [1.807, 2.05) is 25.3 Å². The average Bonchev–Trinajstić information content (AvgIpc) is 2.48. The van der Waals surface area contributed by atoms with E-state index in [4.69, 9.17) is 5.73 Å². The Morgan fingerprint density at radius 2 is 1.95 bits per heavy atom. The van der Waals surface area contributed by atoms with E-state index in [0.29, 0.717) is 23.9 Å². The van der Waals surface area contributed by atoms with E-state index in [1.165, 1.54) is 19.3 Å². The van der Waals surface area contributed by atoms with Crippen molar-refractivity contribution in [3.05, 3.63) is 29.3 Å². The van der Waals surface area contributed by atoms with E-state index in [0.717, 1.165) is 28.9 Å². The molecule has 2 saturated carbocycles. The molecule has 1 amide bonds. The third kappa shape index (κ3) is 3.18. The molecule has 3 nitrogen and oxygen atoms in total. The second kappa shape index (κ2) is 6.63. The zero-order chi connectivity index (χ0) is 15.7. The van der Waals surface area contributed by atoms with Crippen molar-refractivity contribution in [2.24, 2.45) is 17.6 Å². The van der Waals surface area contributed by atoms with Gasteiger partial charge in [0.1, 0.15) is 0 Å². The molecule has 3 N–H and O–H groups in total. The molecule has 2 aliphatic carbocycles. The topological polar surface area (TPSA) is 55.1 Å². The lowest BCUT2D eigenvalue weighted by atomic mass is 9.67. The summed E-state index contributed by atoms with van der Waals surface area (Å²) in [7, 11) is 0. The Balaban J connectivity index is 1.76. The predicted molar refractivity (Wildman–Crippen MR) is 92.3 cm³/mol. The van der Waals surface area contributed by atoms with Crippen molar-refractivity contribution in [1.29, 1.82) is 0 Å². The summed E-state index contributed by atoms with van der Waals surface area (Å²) in [6, 6.07) is 6.77. The van der Waals surface area contributed by atoms with Gasteiger partial charge in [-0.15, -0.1) is 11.8 Å². The smallest absolute Gasteiger partial charge is 0.251 e. The van der Waals surface area contributed by atoms with Gasteiger partial charge in [0.25, 0.3) is 5.91 Å². The average molecular weight is 318 g/mol. The fourth-order valence-corrected chi connectivity index (χ4v) is 4.67. The normalized spacial score (nSPS) is 30.9. The molecular formula is C18H26N2OS. The van der Waals surface area contributed by atoms with Crippen LogP contribution in [0.2, 0.25) is 0 Å². The molecular weight excluding hydrogens is 292 g/mol. The van der Waals surface area contributed by atoms with Gasteiger partial charge in [0.2, 0.25) is 0 Å². The van der Waals surface area contributed by atoms with Gasteiger partial charge in [-0.1, -0.05) is 12.5 Å². The Morgan fingerprint density at radius 1 is 1.27 bits per heavy atom. The third-order valence-corrected chi connectivity index (χ3v) is 6.09. The molecule has 0 aromatic heterocycles. The Labute approximate surface area is 137 Å². The number of hydrogen-bond acceptors (Lipinski definition) is 3. The number of nitrogens with one attached hydrogen (secondary N) is 1. The molecule has 1 aromatic rings. The molecule has 2 unspecified atom stereocenters. The number of aryl methyl sites for hydroxylation is 1. The van der Waals surface area contributed by atoms with Crippen molar-refractivity contribution in [1.82, 2.24) is 5.32 Å². The molecule has 1 aromatic carbocycles. The largest absolute Gasteiger partial charge is 0.349 e. The third-order valence-electron chi connectivity index (χ3n) is 5.36. The Hall–Kier alpha value is -1.00. The van der Waals surface area contributed by atoms with Crippen LogP contribution < -0.4 is 11.1 Å². The predicted octanol–water partition coefficient (Wildman–Crippen LogP) is 3.35. The molecule has 0 spiro atoms. The molecule has 22 heavy (non-hydrogen) atoms. The zero-order valence-electron chi connectivity index (χ0n) is 13.5. The Morgan fingerprint density at radius 3 is 2.59 bits per heavy atom. The highest BCUT2D eigenvalue weighted by Crippen LogP contribution is 2.39. The molecule has 0 radical (unpaired) electrons. The van der Waals surface area contributed by atoms with Gasteiger partial charge in [-0.3, -0.25) is 4.79 Å². The fraction of sp³-hybridized carbons (Fsp3) is 0.611. The summed E-state index contributed by atoms with van der Waals surface area (Å²) in [5.74, 6) is 1.22.